The van der Waals surface area contributed by atoms with Crippen molar-refractivity contribution in [2.45, 2.75) is 58.9 Å². The molecule has 1 aromatic heterocycles. The molecule has 4 nitrogen and oxygen atoms in total. The Morgan fingerprint density at radius 2 is 1.83 bits per heavy atom. The number of benzene rings is 1. The molecule has 0 atom stereocenters. The van der Waals surface area contributed by atoms with Crippen molar-refractivity contribution in [3.05, 3.63) is 47.3 Å². The molecule has 2 heterocycles. The second-order valence-electron chi connectivity index (χ2n) is 8.39. The van der Waals surface area contributed by atoms with E-state index in [9.17, 15) is 9.59 Å². The average Bonchev–Trinajstić information content (AvgIpc) is 3.23. The van der Waals surface area contributed by atoms with Crippen LogP contribution in [0.25, 0.3) is 10.4 Å². The van der Waals surface area contributed by atoms with Crippen molar-refractivity contribution >= 4 is 23.2 Å². The summed E-state index contributed by atoms with van der Waals surface area (Å²) in [6, 6.07) is 12.9. The normalized spacial score (nSPS) is 16.1. The number of carbonyl (C=O) groups is 2. The molecule has 156 valence electrons. The molecular weight excluding hydrogens is 380 g/mol. The summed E-state index contributed by atoms with van der Waals surface area (Å²) in [6.45, 7) is 7.36. The number of nitrogens with one attached hydrogen (secondary N) is 1. The first-order chi connectivity index (χ1) is 13.9. The molecule has 2 aromatic rings. The maximum atomic E-state index is 13.2. The van der Waals surface area contributed by atoms with Crippen LogP contribution >= 0.6 is 11.3 Å². The van der Waals surface area contributed by atoms with Crippen LogP contribution < -0.4 is 5.32 Å². The van der Waals surface area contributed by atoms with Crippen LogP contribution in [0.3, 0.4) is 0 Å². The van der Waals surface area contributed by atoms with Crippen molar-refractivity contribution in [1.82, 2.24) is 10.2 Å². The highest BCUT2D eigenvalue weighted by molar-refractivity contribution is 7.13. The summed E-state index contributed by atoms with van der Waals surface area (Å²) in [5, 5.41) is 5.22. The number of rotatable bonds is 7. The number of carbonyl (C=O) groups excluding carboxylic acids is 2. The Morgan fingerprint density at radius 3 is 2.38 bits per heavy atom. The van der Waals surface area contributed by atoms with E-state index >= 15 is 0 Å². The van der Waals surface area contributed by atoms with E-state index in [4.69, 9.17) is 0 Å². The zero-order chi connectivity index (χ0) is 20.9. The van der Waals surface area contributed by atoms with E-state index in [1.54, 1.807) is 11.3 Å². The lowest BCUT2D eigenvalue weighted by Gasteiger charge is -2.41. The molecule has 0 spiro atoms. The topological polar surface area (TPSA) is 49.4 Å². The van der Waals surface area contributed by atoms with Gasteiger partial charge in [0.15, 0.2) is 0 Å². The second kappa shape index (κ2) is 9.57. The van der Waals surface area contributed by atoms with Crippen LogP contribution in [0, 0.1) is 5.41 Å². The lowest BCUT2D eigenvalue weighted by atomic mass is 9.72. The first-order valence-electron chi connectivity index (χ1n) is 10.6. The summed E-state index contributed by atoms with van der Waals surface area (Å²) >= 11 is 1.73. The zero-order valence-electron chi connectivity index (χ0n) is 17.7. The number of hydrogen-bond donors (Lipinski definition) is 1. The Kier molecular flexibility index (Phi) is 7.12. The maximum Gasteiger partial charge on any atom is 0.226 e. The van der Waals surface area contributed by atoms with Gasteiger partial charge in [-0.05, 0) is 62.1 Å². The van der Waals surface area contributed by atoms with Gasteiger partial charge in [0.05, 0.1) is 5.41 Å². The van der Waals surface area contributed by atoms with Gasteiger partial charge in [-0.2, -0.15) is 0 Å². The maximum absolute atomic E-state index is 13.2. The number of amides is 2. The monoisotopic (exact) mass is 412 g/mol. The predicted octanol–water partition coefficient (Wildman–Crippen LogP) is 4.89. The lowest BCUT2D eigenvalue weighted by Crippen LogP contribution is -2.52. The highest BCUT2D eigenvalue weighted by Crippen LogP contribution is 2.37. The van der Waals surface area contributed by atoms with Crippen LogP contribution in [-0.2, 0) is 16.0 Å². The fourth-order valence-corrected chi connectivity index (χ4v) is 4.81. The highest BCUT2D eigenvalue weighted by Gasteiger charge is 2.42. The van der Waals surface area contributed by atoms with E-state index in [1.807, 2.05) is 25.7 Å². The Balaban J connectivity index is 1.76. The summed E-state index contributed by atoms with van der Waals surface area (Å²) in [6.07, 6.45) is 3.60. The van der Waals surface area contributed by atoms with Gasteiger partial charge < -0.3 is 10.2 Å². The van der Waals surface area contributed by atoms with Gasteiger partial charge in [-0.3, -0.25) is 9.59 Å². The third kappa shape index (κ3) is 5.27. The molecule has 1 aliphatic heterocycles. The molecule has 1 aliphatic rings. The summed E-state index contributed by atoms with van der Waals surface area (Å²) in [7, 11) is 0. The van der Waals surface area contributed by atoms with Crippen molar-refractivity contribution in [1.29, 1.82) is 0 Å². The van der Waals surface area contributed by atoms with Crippen LogP contribution in [0.15, 0.2) is 41.8 Å². The standard InChI is InChI=1S/C24H32N2O2S/c1-4-6-22(27)26-14-12-24(13-15-26,23(28)25-18(2)3)17-19-8-10-20(11-9-19)21-7-5-16-29-21/h5,7-11,16,18H,4,6,12-15,17H2,1-3H3,(H,25,28). The molecule has 1 N–H and O–H groups in total. The molecule has 29 heavy (non-hydrogen) atoms. The van der Waals surface area contributed by atoms with Crippen LogP contribution in [0.1, 0.15) is 52.0 Å². The molecular formula is C24H32N2O2S. The van der Waals surface area contributed by atoms with Crippen molar-refractivity contribution in [2.75, 3.05) is 13.1 Å². The Hall–Kier alpha value is -2.14. The van der Waals surface area contributed by atoms with E-state index < -0.39 is 5.41 Å². The second-order valence-corrected chi connectivity index (χ2v) is 9.34. The van der Waals surface area contributed by atoms with Crippen LogP contribution in [0.4, 0.5) is 0 Å². The molecule has 1 fully saturated rings. The minimum Gasteiger partial charge on any atom is -0.353 e. The third-order valence-electron chi connectivity index (χ3n) is 5.74. The lowest BCUT2D eigenvalue weighted by molar-refractivity contribution is -0.141. The van der Waals surface area contributed by atoms with Crippen molar-refractivity contribution in [3.63, 3.8) is 0 Å². The molecule has 5 heteroatoms. The van der Waals surface area contributed by atoms with Gasteiger partial charge in [-0.25, -0.2) is 0 Å². The molecule has 2 amide bonds. The van der Waals surface area contributed by atoms with Crippen LogP contribution in [0.5, 0.6) is 0 Å². The highest BCUT2D eigenvalue weighted by atomic mass is 32.1. The van der Waals surface area contributed by atoms with Crippen molar-refractivity contribution in [3.8, 4) is 10.4 Å². The number of likely N-dealkylation sites (tertiary alicyclic amines) is 1. The van der Waals surface area contributed by atoms with E-state index in [0.29, 0.717) is 38.8 Å². The number of hydrogen-bond acceptors (Lipinski definition) is 3. The van der Waals surface area contributed by atoms with Gasteiger partial charge in [-0.15, -0.1) is 11.3 Å². The third-order valence-corrected chi connectivity index (χ3v) is 6.66. The summed E-state index contributed by atoms with van der Waals surface area (Å²) < 4.78 is 0. The fraction of sp³-hybridized carbons (Fsp3) is 0.500. The van der Waals surface area contributed by atoms with Crippen molar-refractivity contribution in [2.24, 2.45) is 5.41 Å². The molecule has 0 saturated carbocycles. The quantitative estimate of drug-likeness (QED) is 0.704. The van der Waals surface area contributed by atoms with E-state index in [2.05, 4.69) is 47.1 Å². The molecule has 1 aromatic carbocycles. The van der Waals surface area contributed by atoms with Gasteiger partial charge >= 0.3 is 0 Å². The minimum absolute atomic E-state index is 0.111. The molecule has 1 saturated heterocycles. The number of thiophene rings is 1. The average molecular weight is 413 g/mol. The van der Waals surface area contributed by atoms with Gasteiger partial charge in [0.2, 0.25) is 11.8 Å². The Morgan fingerprint density at radius 1 is 1.14 bits per heavy atom. The van der Waals surface area contributed by atoms with Crippen LogP contribution in [-0.4, -0.2) is 35.8 Å². The number of nitrogens with zero attached hydrogens (tertiary/aromatic N) is 1. The fourth-order valence-electron chi connectivity index (χ4n) is 4.08. The molecule has 0 bridgehead atoms. The SMILES string of the molecule is CCCC(=O)N1CCC(Cc2ccc(-c3cccs3)cc2)(C(=O)NC(C)C)CC1. The first kappa shape index (κ1) is 21.6. The molecule has 3 rings (SSSR count). The van der Waals surface area contributed by atoms with Gasteiger partial charge in [0.25, 0.3) is 0 Å². The van der Waals surface area contributed by atoms with E-state index in [0.717, 1.165) is 6.42 Å². The van der Waals surface area contributed by atoms with Gasteiger partial charge in [0, 0.05) is 30.4 Å². The summed E-state index contributed by atoms with van der Waals surface area (Å²) in [4.78, 5) is 28.7. The molecule has 0 unspecified atom stereocenters. The Labute approximate surface area is 178 Å². The largest absolute Gasteiger partial charge is 0.353 e. The smallest absolute Gasteiger partial charge is 0.226 e. The Bertz CT molecular complexity index is 804. The molecule has 0 radical (unpaired) electrons. The number of piperidine rings is 1. The molecule has 0 aliphatic carbocycles. The van der Waals surface area contributed by atoms with E-state index in [-0.39, 0.29) is 17.9 Å². The first-order valence-corrected chi connectivity index (χ1v) is 11.5. The zero-order valence-corrected chi connectivity index (χ0v) is 18.6. The predicted molar refractivity (Wildman–Crippen MR) is 120 cm³/mol. The van der Waals surface area contributed by atoms with Gasteiger partial charge in [0.1, 0.15) is 0 Å². The summed E-state index contributed by atoms with van der Waals surface area (Å²) in [5.74, 6) is 0.336. The van der Waals surface area contributed by atoms with Gasteiger partial charge in [-0.1, -0.05) is 37.3 Å². The van der Waals surface area contributed by atoms with Crippen LogP contribution in [0.2, 0.25) is 0 Å². The summed E-state index contributed by atoms with van der Waals surface area (Å²) in [5.41, 5.74) is 1.94. The minimum atomic E-state index is -0.447. The van der Waals surface area contributed by atoms with Crippen molar-refractivity contribution < 1.29 is 9.59 Å². The van der Waals surface area contributed by atoms with E-state index in [1.165, 1.54) is 16.0 Å².